The second kappa shape index (κ2) is 5.34. The Balaban J connectivity index is 2.23. The van der Waals surface area contributed by atoms with Crippen molar-refractivity contribution in [2.45, 2.75) is 13.3 Å². The van der Waals surface area contributed by atoms with E-state index in [0.717, 1.165) is 22.2 Å². The third-order valence-electron chi connectivity index (χ3n) is 3.39. The summed E-state index contributed by atoms with van der Waals surface area (Å²) in [5.41, 5.74) is 2.71. The average molecular weight is 302 g/mol. The van der Waals surface area contributed by atoms with Crippen molar-refractivity contribution in [3.8, 4) is 5.69 Å². The number of fused-ring (bicyclic) bond motifs is 1. The first-order valence-corrected chi connectivity index (χ1v) is 6.97. The van der Waals surface area contributed by atoms with Crippen molar-refractivity contribution in [1.82, 2.24) is 4.57 Å². The molecule has 3 aromatic rings. The van der Waals surface area contributed by atoms with Crippen LogP contribution in [-0.2, 0) is 11.2 Å². The molecule has 0 spiro atoms. The first-order valence-electron chi connectivity index (χ1n) is 6.59. The van der Waals surface area contributed by atoms with Gasteiger partial charge in [-0.2, -0.15) is 0 Å². The molecule has 0 bridgehead atoms. The van der Waals surface area contributed by atoms with Crippen LogP contribution in [0.2, 0.25) is 5.02 Å². The summed E-state index contributed by atoms with van der Waals surface area (Å²) >= 11 is 6.06. The van der Waals surface area contributed by atoms with E-state index >= 15 is 0 Å². The fraction of sp³-hybridized carbons (Fsp3) is 0.118. The lowest BCUT2D eigenvalue weighted by Gasteiger charge is -2.05. The number of Topliss-reactive ketones (excluding diaryl/α,β-unsaturated/α-hetero) is 1. The molecular formula is C17H13ClFNO. The van der Waals surface area contributed by atoms with Gasteiger partial charge in [-0.3, -0.25) is 4.79 Å². The lowest BCUT2D eigenvalue weighted by Crippen LogP contribution is -1.95. The van der Waals surface area contributed by atoms with E-state index in [-0.39, 0.29) is 11.6 Å². The summed E-state index contributed by atoms with van der Waals surface area (Å²) in [5.74, 6) is -0.185. The maximum absolute atomic E-state index is 13.1. The van der Waals surface area contributed by atoms with Crippen molar-refractivity contribution in [2.75, 3.05) is 0 Å². The highest BCUT2D eigenvalue weighted by Gasteiger charge is 2.12. The molecule has 1 heterocycles. The minimum absolute atomic E-state index is 0.0909. The smallest absolute Gasteiger partial charge is 0.134 e. The van der Waals surface area contributed by atoms with Crippen LogP contribution in [0, 0.1) is 5.82 Å². The van der Waals surface area contributed by atoms with E-state index in [1.165, 1.54) is 12.1 Å². The third-order valence-corrected chi connectivity index (χ3v) is 3.63. The monoisotopic (exact) mass is 301 g/mol. The molecule has 4 heteroatoms. The molecule has 0 unspecified atom stereocenters. The minimum atomic E-state index is -0.276. The maximum atomic E-state index is 13.1. The van der Waals surface area contributed by atoms with E-state index < -0.39 is 0 Å². The van der Waals surface area contributed by atoms with Gasteiger partial charge in [-0.25, -0.2) is 4.39 Å². The van der Waals surface area contributed by atoms with Crippen LogP contribution in [-0.4, -0.2) is 10.4 Å². The van der Waals surface area contributed by atoms with E-state index in [2.05, 4.69) is 0 Å². The van der Waals surface area contributed by atoms with Gasteiger partial charge < -0.3 is 4.57 Å². The average Bonchev–Trinajstić information content (AvgIpc) is 2.77. The quantitative estimate of drug-likeness (QED) is 0.695. The molecule has 0 amide bonds. The molecule has 106 valence electrons. The predicted molar refractivity (Wildman–Crippen MR) is 82.6 cm³/mol. The van der Waals surface area contributed by atoms with E-state index in [0.29, 0.717) is 11.4 Å². The number of hydrogen-bond donors (Lipinski definition) is 0. The molecule has 0 saturated carbocycles. The maximum Gasteiger partial charge on any atom is 0.134 e. The summed E-state index contributed by atoms with van der Waals surface area (Å²) in [7, 11) is 0. The van der Waals surface area contributed by atoms with E-state index in [4.69, 9.17) is 11.6 Å². The predicted octanol–water partition coefficient (Wildman–Crippen LogP) is 4.55. The van der Waals surface area contributed by atoms with Crippen LogP contribution in [0.25, 0.3) is 16.6 Å². The van der Waals surface area contributed by atoms with Crippen LogP contribution < -0.4 is 0 Å². The first-order chi connectivity index (χ1) is 10.0. The number of halogens is 2. The number of benzene rings is 2. The number of carbonyl (C=O) groups is 1. The number of carbonyl (C=O) groups excluding carboxylic acids is 1. The van der Waals surface area contributed by atoms with E-state index in [1.807, 2.05) is 29.0 Å². The summed E-state index contributed by atoms with van der Waals surface area (Å²) in [5, 5.41) is 1.58. The highest BCUT2D eigenvalue weighted by Crippen LogP contribution is 2.28. The fourth-order valence-corrected chi connectivity index (χ4v) is 2.67. The highest BCUT2D eigenvalue weighted by molar-refractivity contribution is 6.31. The summed E-state index contributed by atoms with van der Waals surface area (Å²) in [6, 6.07) is 11.8. The number of nitrogens with zero attached hydrogens (tertiary/aromatic N) is 1. The van der Waals surface area contributed by atoms with Crippen LogP contribution in [0.5, 0.6) is 0 Å². The molecule has 0 saturated heterocycles. The number of aromatic nitrogens is 1. The van der Waals surface area contributed by atoms with E-state index in [1.54, 1.807) is 19.1 Å². The summed E-state index contributed by atoms with van der Waals surface area (Å²) < 4.78 is 15.0. The zero-order valence-electron chi connectivity index (χ0n) is 11.4. The summed E-state index contributed by atoms with van der Waals surface area (Å²) in [6.45, 7) is 1.56. The molecule has 0 fully saturated rings. The van der Waals surface area contributed by atoms with Crippen molar-refractivity contribution in [3.05, 3.63) is 65.1 Å². The Morgan fingerprint density at radius 1 is 1.19 bits per heavy atom. The minimum Gasteiger partial charge on any atom is -0.316 e. The van der Waals surface area contributed by atoms with Gasteiger partial charge in [0, 0.05) is 28.7 Å². The van der Waals surface area contributed by atoms with Gasteiger partial charge in [-0.1, -0.05) is 11.6 Å². The standard InChI is InChI=1S/C17H13ClFNO/c1-11(21)8-12-10-20(15-5-3-14(19)4-6-15)17-7-2-13(18)9-16(12)17/h2-7,9-10H,8H2,1H3. The topological polar surface area (TPSA) is 22.0 Å². The molecule has 2 aromatic carbocycles. The second-order valence-corrected chi connectivity index (χ2v) is 5.48. The molecule has 0 aliphatic carbocycles. The van der Waals surface area contributed by atoms with Crippen LogP contribution in [0.15, 0.2) is 48.7 Å². The van der Waals surface area contributed by atoms with Gasteiger partial charge >= 0.3 is 0 Å². The number of ketones is 1. The largest absolute Gasteiger partial charge is 0.316 e. The highest BCUT2D eigenvalue weighted by atomic mass is 35.5. The Labute approximate surface area is 126 Å². The van der Waals surface area contributed by atoms with Gasteiger partial charge in [0.15, 0.2) is 0 Å². The molecule has 0 atom stereocenters. The molecule has 1 aromatic heterocycles. The molecule has 0 radical (unpaired) electrons. The van der Waals surface area contributed by atoms with Gasteiger partial charge in [-0.05, 0) is 55.0 Å². The third kappa shape index (κ3) is 2.69. The van der Waals surface area contributed by atoms with Crippen molar-refractivity contribution in [3.63, 3.8) is 0 Å². The fourth-order valence-electron chi connectivity index (χ4n) is 2.49. The van der Waals surface area contributed by atoms with Crippen LogP contribution in [0.1, 0.15) is 12.5 Å². The molecule has 0 aliphatic rings. The van der Waals surface area contributed by atoms with Crippen LogP contribution >= 0.6 is 11.6 Å². The second-order valence-electron chi connectivity index (χ2n) is 5.04. The molecule has 21 heavy (non-hydrogen) atoms. The molecule has 0 aliphatic heterocycles. The zero-order valence-corrected chi connectivity index (χ0v) is 12.2. The lowest BCUT2D eigenvalue weighted by molar-refractivity contribution is -0.116. The number of rotatable bonds is 3. The van der Waals surface area contributed by atoms with Crippen LogP contribution in [0.4, 0.5) is 4.39 Å². The first kappa shape index (κ1) is 13.8. The molecule has 2 nitrogen and oxygen atoms in total. The van der Waals surface area contributed by atoms with Crippen molar-refractivity contribution in [1.29, 1.82) is 0 Å². The van der Waals surface area contributed by atoms with Gasteiger partial charge in [0.05, 0.1) is 5.52 Å². The van der Waals surface area contributed by atoms with Gasteiger partial charge in [0.1, 0.15) is 11.6 Å². The Hall–Kier alpha value is -2.13. The SMILES string of the molecule is CC(=O)Cc1cn(-c2ccc(F)cc2)c2ccc(Cl)cc12. The van der Waals surface area contributed by atoms with Gasteiger partial charge in [0.2, 0.25) is 0 Å². The van der Waals surface area contributed by atoms with Crippen molar-refractivity contribution >= 4 is 28.3 Å². The normalized spacial score (nSPS) is 11.0. The van der Waals surface area contributed by atoms with Gasteiger partial charge in [0.25, 0.3) is 0 Å². The summed E-state index contributed by atoms with van der Waals surface area (Å²) in [6.07, 6.45) is 2.26. The molecule has 0 N–H and O–H groups in total. The van der Waals surface area contributed by atoms with Crippen LogP contribution in [0.3, 0.4) is 0 Å². The van der Waals surface area contributed by atoms with Crippen molar-refractivity contribution in [2.24, 2.45) is 0 Å². The van der Waals surface area contributed by atoms with Gasteiger partial charge in [-0.15, -0.1) is 0 Å². The Morgan fingerprint density at radius 3 is 2.57 bits per heavy atom. The number of hydrogen-bond acceptors (Lipinski definition) is 1. The lowest BCUT2D eigenvalue weighted by atomic mass is 10.1. The van der Waals surface area contributed by atoms with E-state index in [9.17, 15) is 9.18 Å². The molecule has 3 rings (SSSR count). The van der Waals surface area contributed by atoms with Crippen molar-refractivity contribution < 1.29 is 9.18 Å². The Morgan fingerprint density at radius 2 is 1.90 bits per heavy atom. The molecular weight excluding hydrogens is 289 g/mol. The Kier molecular flexibility index (Phi) is 3.52. The zero-order chi connectivity index (χ0) is 15.0. The Bertz CT molecular complexity index is 821. The summed E-state index contributed by atoms with van der Waals surface area (Å²) in [4.78, 5) is 11.4.